The summed E-state index contributed by atoms with van der Waals surface area (Å²) in [6.45, 7) is 14.4. The van der Waals surface area contributed by atoms with E-state index in [1.807, 2.05) is 40.7 Å². The molecule has 4 nitrogen and oxygen atoms in total. The van der Waals surface area contributed by atoms with E-state index >= 15 is 0 Å². The van der Waals surface area contributed by atoms with Gasteiger partial charge in [-0.25, -0.2) is 0 Å². The predicted molar refractivity (Wildman–Crippen MR) is 168 cm³/mol. The van der Waals surface area contributed by atoms with Gasteiger partial charge >= 0.3 is 12.7 Å². The zero-order valence-corrected chi connectivity index (χ0v) is 27.3. The van der Waals surface area contributed by atoms with Crippen LogP contribution in [0, 0.1) is 12.8 Å². The van der Waals surface area contributed by atoms with E-state index in [-0.39, 0.29) is 11.5 Å². The molecule has 2 aromatic carbocycles. The molecule has 1 fully saturated rings. The van der Waals surface area contributed by atoms with Crippen LogP contribution in [0.4, 0.5) is 32.0 Å². The fourth-order valence-corrected chi connectivity index (χ4v) is 6.63. The quantitative estimate of drug-likeness (QED) is 0.145. The molecule has 0 radical (unpaired) electrons. The van der Waals surface area contributed by atoms with E-state index in [9.17, 15) is 26.3 Å². The summed E-state index contributed by atoms with van der Waals surface area (Å²) in [4.78, 5) is 2.16. The van der Waals surface area contributed by atoms with Gasteiger partial charge in [0.05, 0.1) is 7.11 Å². The summed E-state index contributed by atoms with van der Waals surface area (Å²) in [6, 6.07) is 8.70. The number of fused-ring (bicyclic) bond motifs is 1. The normalized spacial score (nSPS) is 18.5. The SMILES string of the molecule is C=C(/C=C(/C=C1/N(CCC2CCCCC2)c2ccc(OC(F)(F)F)cc2C1(C)C)OC)C(C)(C)c1cc(OC(F)(F)F)ccc1C. The standard InChI is InChI=1S/C36H43F6NO3/c1-23-13-14-26(45-35(37,38)39)20-29(23)33(3,4)24(2)19-28(44-7)22-32-34(5,6)30-21-27(46-36(40,41)42)15-16-31(30)43(32)18-17-25-11-9-8-10-12-25/h13-16,19-22,25H,2,8-12,17-18H2,1,3-7H3/b28-19-,32-22+. The van der Waals surface area contributed by atoms with Crippen molar-refractivity contribution in [2.45, 2.75) is 96.7 Å². The van der Waals surface area contributed by atoms with E-state index < -0.39 is 23.6 Å². The minimum absolute atomic E-state index is 0.280. The Morgan fingerprint density at radius 2 is 1.52 bits per heavy atom. The van der Waals surface area contributed by atoms with Crippen molar-refractivity contribution >= 4 is 5.69 Å². The molecule has 1 heterocycles. The Labute approximate surface area is 267 Å². The number of aryl methyl sites for hydroxylation is 1. The van der Waals surface area contributed by atoms with Gasteiger partial charge < -0.3 is 19.1 Å². The first-order valence-electron chi connectivity index (χ1n) is 15.5. The number of anilines is 1. The van der Waals surface area contributed by atoms with Crippen molar-refractivity contribution < 1.29 is 40.6 Å². The number of ether oxygens (including phenoxy) is 3. The van der Waals surface area contributed by atoms with Gasteiger partial charge in [0.2, 0.25) is 0 Å². The number of hydrogen-bond acceptors (Lipinski definition) is 4. The van der Waals surface area contributed by atoms with Gasteiger partial charge in [-0.3, -0.25) is 0 Å². The Morgan fingerprint density at radius 3 is 2.11 bits per heavy atom. The van der Waals surface area contributed by atoms with Gasteiger partial charge in [-0.05, 0) is 77.9 Å². The summed E-state index contributed by atoms with van der Waals surface area (Å²) in [5.41, 5.74) is 2.80. The summed E-state index contributed by atoms with van der Waals surface area (Å²) in [6.07, 6.45) is 0.897. The number of halogens is 6. The monoisotopic (exact) mass is 651 g/mol. The first-order valence-corrected chi connectivity index (χ1v) is 15.5. The molecule has 4 rings (SSSR count). The van der Waals surface area contributed by atoms with Crippen LogP contribution in [0.25, 0.3) is 0 Å². The van der Waals surface area contributed by atoms with Crippen molar-refractivity contribution in [3.63, 3.8) is 0 Å². The molecule has 46 heavy (non-hydrogen) atoms. The molecular weight excluding hydrogens is 608 g/mol. The number of hydrogen-bond donors (Lipinski definition) is 0. The van der Waals surface area contributed by atoms with Crippen molar-refractivity contribution in [2.75, 3.05) is 18.6 Å². The Kier molecular flexibility index (Phi) is 10.2. The average Bonchev–Trinajstić information content (AvgIpc) is 3.16. The van der Waals surface area contributed by atoms with Gasteiger partial charge in [-0.1, -0.05) is 72.4 Å². The van der Waals surface area contributed by atoms with Crippen LogP contribution in [0.5, 0.6) is 11.5 Å². The van der Waals surface area contributed by atoms with Crippen molar-refractivity contribution in [3.05, 3.63) is 88.8 Å². The van der Waals surface area contributed by atoms with E-state index in [2.05, 4.69) is 21.0 Å². The highest BCUT2D eigenvalue weighted by molar-refractivity contribution is 5.72. The molecule has 1 saturated carbocycles. The highest BCUT2D eigenvalue weighted by Crippen LogP contribution is 2.50. The number of nitrogens with zero attached hydrogens (tertiary/aromatic N) is 1. The fraction of sp³-hybridized carbons (Fsp3) is 0.500. The molecule has 0 unspecified atom stereocenters. The first-order chi connectivity index (χ1) is 21.3. The van der Waals surface area contributed by atoms with Crippen molar-refractivity contribution in [1.29, 1.82) is 0 Å². The molecule has 1 aliphatic heterocycles. The molecular formula is C36H43F6NO3. The fourth-order valence-electron chi connectivity index (χ4n) is 6.63. The summed E-state index contributed by atoms with van der Waals surface area (Å²) < 4.78 is 92.4. The van der Waals surface area contributed by atoms with Crippen molar-refractivity contribution in [1.82, 2.24) is 0 Å². The molecule has 10 heteroatoms. The Balaban J connectivity index is 1.72. The molecule has 0 spiro atoms. The number of rotatable bonds is 10. The van der Waals surface area contributed by atoms with Crippen LogP contribution in [0.15, 0.2) is 72.2 Å². The minimum atomic E-state index is -4.82. The number of allylic oxidation sites excluding steroid dienone is 4. The molecule has 0 N–H and O–H groups in total. The number of alkyl halides is 6. The number of benzene rings is 2. The topological polar surface area (TPSA) is 30.9 Å². The summed E-state index contributed by atoms with van der Waals surface area (Å²) in [7, 11) is 1.52. The van der Waals surface area contributed by atoms with Crippen LogP contribution in [-0.2, 0) is 15.6 Å². The van der Waals surface area contributed by atoms with E-state index in [0.717, 1.165) is 36.2 Å². The lowest BCUT2D eigenvalue weighted by Gasteiger charge is -2.31. The zero-order chi connectivity index (χ0) is 34.1. The molecule has 0 bridgehead atoms. The van der Waals surface area contributed by atoms with Crippen LogP contribution in [-0.4, -0.2) is 26.4 Å². The highest BCUT2D eigenvalue weighted by Gasteiger charge is 2.42. The maximum Gasteiger partial charge on any atom is 0.573 e. The van der Waals surface area contributed by atoms with Crippen LogP contribution in [0.1, 0.15) is 82.9 Å². The highest BCUT2D eigenvalue weighted by atomic mass is 19.4. The van der Waals surface area contributed by atoms with Crippen LogP contribution in [0.3, 0.4) is 0 Å². The predicted octanol–water partition coefficient (Wildman–Crippen LogP) is 10.8. The third-order valence-corrected chi connectivity index (χ3v) is 9.33. The molecule has 0 atom stereocenters. The lowest BCUT2D eigenvalue weighted by atomic mass is 9.76. The number of methoxy groups -OCH3 is 1. The van der Waals surface area contributed by atoms with Gasteiger partial charge in [-0.2, -0.15) is 0 Å². The second kappa shape index (κ2) is 13.3. The zero-order valence-electron chi connectivity index (χ0n) is 27.3. The Morgan fingerprint density at radius 1 is 0.935 bits per heavy atom. The van der Waals surface area contributed by atoms with Crippen LogP contribution >= 0.6 is 0 Å². The van der Waals surface area contributed by atoms with Crippen molar-refractivity contribution in [2.24, 2.45) is 5.92 Å². The maximum atomic E-state index is 13.1. The molecule has 252 valence electrons. The lowest BCUT2D eigenvalue weighted by Crippen LogP contribution is -2.29. The van der Waals surface area contributed by atoms with E-state index in [0.29, 0.717) is 34.9 Å². The Hall–Kier alpha value is -3.56. The van der Waals surface area contributed by atoms with E-state index in [1.54, 1.807) is 18.2 Å². The molecule has 2 aliphatic rings. The molecule has 2 aromatic rings. The van der Waals surface area contributed by atoms with Crippen molar-refractivity contribution in [3.8, 4) is 11.5 Å². The smallest absolute Gasteiger partial charge is 0.497 e. The Bertz CT molecular complexity index is 1480. The minimum Gasteiger partial charge on any atom is -0.497 e. The van der Waals surface area contributed by atoms with Crippen LogP contribution < -0.4 is 14.4 Å². The maximum absolute atomic E-state index is 13.1. The summed E-state index contributed by atoms with van der Waals surface area (Å²) in [5, 5.41) is 0. The second-order valence-electron chi connectivity index (χ2n) is 13.3. The molecule has 0 saturated heterocycles. The van der Waals surface area contributed by atoms with Gasteiger partial charge in [-0.15, -0.1) is 26.3 Å². The van der Waals surface area contributed by atoms with E-state index in [4.69, 9.17) is 4.74 Å². The third-order valence-electron chi connectivity index (χ3n) is 9.33. The lowest BCUT2D eigenvalue weighted by molar-refractivity contribution is -0.275. The van der Waals surface area contributed by atoms with E-state index in [1.165, 1.54) is 50.6 Å². The second-order valence-corrected chi connectivity index (χ2v) is 13.3. The third kappa shape index (κ3) is 8.23. The summed E-state index contributed by atoms with van der Waals surface area (Å²) >= 11 is 0. The molecule has 0 aromatic heterocycles. The van der Waals surface area contributed by atoms with Gasteiger partial charge in [0.25, 0.3) is 0 Å². The molecule has 1 aliphatic carbocycles. The molecule has 0 amide bonds. The van der Waals surface area contributed by atoms with Gasteiger partial charge in [0.1, 0.15) is 17.3 Å². The first kappa shape index (κ1) is 35.3. The summed E-state index contributed by atoms with van der Waals surface area (Å²) in [5.74, 6) is 0.426. The largest absolute Gasteiger partial charge is 0.573 e. The average molecular weight is 652 g/mol. The van der Waals surface area contributed by atoms with Crippen LogP contribution in [0.2, 0.25) is 0 Å². The van der Waals surface area contributed by atoms with Gasteiger partial charge in [0, 0.05) is 34.8 Å². The van der Waals surface area contributed by atoms with Gasteiger partial charge in [0.15, 0.2) is 0 Å².